The van der Waals surface area contributed by atoms with Crippen molar-refractivity contribution in [2.75, 3.05) is 18.4 Å². The molecule has 2 saturated heterocycles. The maximum absolute atomic E-state index is 6.28. The highest BCUT2D eigenvalue weighted by Gasteiger charge is 2.35. The highest BCUT2D eigenvalue weighted by Crippen LogP contribution is 2.32. The van der Waals surface area contributed by atoms with Crippen molar-refractivity contribution in [3.05, 3.63) is 27.7 Å². The zero-order valence-corrected chi connectivity index (χ0v) is 12.7. The van der Waals surface area contributed by atoms with Crippen LogP contribution in [0.5, 0.6) is 0 Å². The molecule has 1 aromatic carbocycles. The van der Waals surface area contributed by atoms with Crippen molar-refractivity contribution < 1.29 is 0 Å². The molecule has 0 saturated carbocycles. The Morgan fingerprint density at radius 3 is 2.94 bits per heavy atom. The zero-order valence-electron chi connectivity index (χ0n) is 10.3. The molecule has 2 aliphatic rings. The van der Waals surface area contributed by atoms with Crippen molar-refractivity contribution in [2.45, 2.75) is 37.8 Å². The Labute approximate surface area is 122 Å². The SMILES string of the molecule is Clc1cc(Br)ccc1NC1CCN2CCCCC12. The summed E-state index contributed by atoms with van der Waals surface area (Å²) >= 11 is 9.72. The topological polar surface area (TPSA) is 15.3 Å². The third-order valence-corrected chi connectivity index (χ3v) is 4.93. The molecule has 3 rings (SSSR count). The van der Waals surface area contributed by atoms with Crippen molar-refractivity contribution in [3.8, 4) is 0 Å². The van der Waals surface area contributed by atoms with Gasteiger partial charge < -0.3 is 5.32 Å². The molecular formula is C14H18BrClN2. The van der Waals surface area contributed by atoms with Crippen LogP contribution in [0.15, 0.2) is 22.7 Å². The van der Waals surface area contributed by atoms with E-state index in [0.717, 1.165) is 15.2 Å². The molecule has 2 nitrogen and oxygen atoms in total. The van der Waals surface area contributed by atoms with Crippen LogP contribution in [-0.4, -0.2) is 30.1 Å². The van der Waals surface area contributed by atoms with Crippen LogP contribution in [0.4, 0.5) is 5.69 Å². The molecule has 0 bridgehead atoms. The lowest BCUT2D eigenvalue weighted by molar-refractivity contribution is 0.193. The number of rotatable bonds is 2. The minimum absolute atomic E-state index is 0.559. The largest absolute Gasteiger partial charge is 0.379 e. The van der Waals surface area contributed by atoms with Gasteiger partial charge in [-0.05, 0) is 44.0 Å². The van der Waals surface area contributed by atoms with Crippen LogP contribution >= 0.6 is 27.5 Å². The standard InChI is InChI=1S/C14H18BrClN2/c15-10-4-5-12(11(16)9-10)17-13-6-8-18-7-2-1-3-14(13)18/h4-5,9,13-14,17H,1-3,6-8H2. The number of hydrogen-bond donors (Lipinski definition) is 1. The van der Waals surface area contributed by atoms with Gasteiger partial charge in [0.05, 0.1) is 10.7 Å². The van der Waals surface area contributed by atoms with E-state index in [1.165, 1.54) is 38.8 Å². The van der Waals surface area contributed by atoms with Gasteiger partial charge in [-0.1, -0.05) is 34.0 Å². The number of fused-ring (bicyclic) bond motifs is 1. The summed E-state index contributed by atoms with van der Waals surface area (Å²) < 4.78 is 1.03. The molecule has 0 aromatic heterocycles. The molecule has 2 aliphatic heterocycles. The molecular weight excluding hydrogens is 312 g/mol. The molecule has 0 amide bonds. The number of halogens is 2. The van der Waals surface area contributed by atoms with E-state index in [4.69, 9.17) is 11.6 Å². The van der Waals surface area contributed by atoms with Crippen LogP contribution in [0.2, 0.25) is 5.02 Å². The van der Waals surface area contributed by atoms with Crippen molar-refractivity contribution in [1.82, 2.24) is 4.90 Å². The molecule has 0 radical (unpaired) electrons. The lowest BCUT2D eigenvalue weighted by Crippen LogP contribution is -2.41. The lowest BCUT2D eigenvalue weighted by atomic mass is 9.99. The van der Waals surface area contributed by atoms with Gasteiger partial charge in [-0.25, -0.2) is 0 Å². The predicted octanol–water partition coefficient (Wildman–Crippen LogP) is 4.14. The summed E-state index contributed by atoms with van der Waals surface area (Å²) in [7, 11) is 0. The normalized spacial score (nSPS) is 28.1. The van der Waals surface area contributed by atoms with Gasteiger partial charge in [0.2, 0.25) is 0 Å². The van der Waals surface area contributed by atoms with Gasteiger partial charge in [0.25, 0.3) is 0 Å². The second-order valence-corrected chi connectivity index (χ2v) is 6.59. The first-order valence-electron chi connectivity index (χ1n) is 6.70. The van der Waals surface area contributed by atoms with Gasteiger partial charge in [0.1, 0.15) is 0 Å². The van der Waals surface area contributed by atoms with E-state index in [1.807, 2.05) is 12.1 Å². The number of nitrogens with zero attached hydrogens (tertiary/aromatic N) is 1. The Morgan fingerprint density at radius 2 is 2.11 bits per heavy atom. The molecule has 1 aromatic rings. The maximum Gasteiger partial charge on any atom is 0.0648 e. The molecule has 2 heterocycles. The van der Waals surface area contributed by atoms with Gasteiger partial charge in [-0.15, -0.1) is 0 Å². The van der Waals surface area contributed by atoms with Gasteiger partial charge in [0, 0.05) is 23.1 Å². The summed E-state index contributed by atoms with van der Waals surface area (Å²) in [5, 5.41) is 4.45. The van der Waals surface area contributed by atoms with Gasteiger partial charge >= 0.3 is 0 Å². The Morgan fingerprint density at radius 1 is 1.22 bits per heavy atom. The van der Waals surface area contributed by atoms with Crippen LogP contribution < -0.4 is 5.32 Å². The number of hydrogen-bond acceptors (Lipinski definition) is 2. The van der Waals surface area contributed by atoms with E-state index >= 15 is 0 Å². The molecule has 1 N–H and O–H groups in total. The van der Waals surface area contributed by atoms with Crippen LogP contribution in [0.1, 0.15) is 25.7 Å². The lowest BCUT2D eigenvalue weighted by Gasteiger charge is -2.33. The van der Waals surface area contributed by atoms with Crippen LogP contribution in [-0.2, 0) is 0 Å². The average molecular weight is 330 g/mol. The fourth-order valence-electron chi connectivity index (χ4n) is 3.22. The molecule has 0 spiro atoms. The van der Waals surface area contributed by atoms with Crippen molar-refractivity contribution in [3.63, 3.8) is 0 Å². The smallest absolute Gasteiger partial charge is 0.0648 e. The number of piperidine rings is 1. The first kappa shape index (κ1) is 12.8. The Bertz CT molecular complexity index is 438. The highest BCUT2D eigenvalue weighted by molar-refractivity contribution is 9.10. The zero-order chi connectivity index (χ0) is 12.5. The van der Waals surface area contributed by atoms with E-state index in [1.54, 1.807) is 0 Å². The number of benzene rings is 1. The molecule has 2 atom stereocenters. The van der Waals surface area contributed by atoms with E-state index in [9.17, 15) is 0 Å². The third kappa shape index (κ3) is 2.54. The van der Waals surface area contributed by atoms with Crippen molar-refractivity contribution in [2.24, 2.45) is 0 Å². The van der Waals surface area contributed by atoms with E-state index in [0.29, 0.717) is 12.1 Å². The minimum Gasteiger partial charge on any atom is -0.379 e. The van der Waals surface area contributed by atoms with E-state index in [-0.39, 0.29) is 0 Å². The van der Waals surface area contributed by atoms with Gasteiger partial charge in [-0.2, -0.15) is 0 Å². The second kappa shape index (κ2) is 5.40. The van der Waals surface area contributed by atoms with E-state index in [2.05, 4.69) is 32.2 Å². The number of anilines is 1. The molecule has 2 fully saturated rings. The van der Waals surface area contributed by atoms with Gasteiger partial charge in [-0.3, -0.25) is 4.90 Å². The van der Waals surface area contributed by atoms with Crippen molar-refractivity contribution in [1.29, 1.82) is 0 Å². The summed E-state index contributed by atoms with van der Waals surface area (Å²) in [6.45, 7) is 2.51. The fourth-order valence-corrected chi connectivity index (χ4v) is 3.95. The highest BCUT2D eigenvalue weighted by atomic mass is 79.9. The Balaban J connectivity index is 1.72. The average Bonchev–Trinajstić information content (AvgIpc) is 2.76. The molecule has 2 unspecified atom stereocenters. The molecule has 4 heteroatoms. The minimum atomic E-state index is 0.559. The summed E-state index contributed by atoms with van der Waals surface area (Å²) in [6, 6.07) is 7.33. The summed E-state index contributed by atoms with van der Waals surface area (Å²) in [4.78, 5) is 2.63. The van der Waals surface area contributed by atoms with Crippen molar-refractivity contribution >= 4 is 33.2 Å². The maximum atomic E-state index is 6.28. The first-order valence-corrected chi connectivity index (χ1v) is 7.87. The van der Waals surface area contributed by atoms with E-state index < -0.39 is 0 Å². The fraction of sp³-hybridized carbons (Fsp3) is 0.571. The Hall–Kier alpha value is -0.250. The Kier molecular flexibility index (Phi) is 3.83. The summed E-state index contributed by atoms with van der Waals surface area (Å²) in [5.74, 6) is 0. The summed E-state index contributed by atoms with van der Waals surface area (Å²) in [5.41, 5.74) is 1.07. The van der Waals surface area contributed by atoms with Crippen LogP contribution in [0.25, 0.3) is 0 Å². The van der Waals surface area contributed by atoms with Gasteiger partial charge in [0.15, 0.2) is 0 Å². The third-order valence-electron chi connectivity index (χ3n) is 4.13. The van der Waals surface area contributed by atoms with Crippen LogP contribution in [0.3, 0.4) is 0 Å². The predicted molar refractivity (Wildman–Crippen MR) is 80.4 cm³/mol. The summed E-state index contributed by atoms with van der Waals surface area (Å²) in [6.07, 6.45) is 5.29. The number of nitrogens with one attached hydrogen (secondary N) is 1. The molecule has 0 aliphatic carbocycles. The first-order chi connectivity index (χ1) is 8.74. The quantitative estimate of drug-likeness (QED) is 0.877. The van der Waals surface area contributed by atoms with Crippen LogP contribution in [0, 0.1) is 0 Å². The second-order valence-electron chi connectivity index (χ2n) is 5.26. The molecule has 18 heavy (non-hydrogen) atoms. The molecule has 98 valence electrons. The monoisotopic (exact) mass is 328 g/mol.